The maximum atomic E-state index is 12.0. The van der Waals surface area contributed by atoms with Crippen LogP contribution < -0.4 is 5.32 Å². The molecule has 0 saturated carbocycles. The fourth-order valence-electron chi connectivity index (χ4n) is 2.57. The van der Waals surface area contributed by atoms with Gasteiger partial charge >= 0.3 is 0 Å². The van der Waals surface area contributed by atoms with Crippen LogP contribution >= 0.6 is 11.3 Å². The number of benzene rings is 1. The topological polar surface area (TPSA) is 59.8 Å². The summed E-state index contributed by atoms with van der Waals surface area (Å²) in [6, 6.07) is 6.18. The van der Waals surface area contributed by atoms with Crippen molar-refractivity contribution in [2.45, 2.75) is 39.8 Å². The molecule has 3 rings (SSSR count). The molecule has 0 atom stereocenters. The van der Waals surface area contributed by atoms with Gasteiger partial charge in [0, 0.05) is 30.8 Å². The third-order valence-electron chi connectivity index (χ3n) is 4.02. The van der Waals surface area contributed by atoms with Gasteiger partial charge in [0.25, 0.3) is 0 Å². The Kier molecular flexibility index (Phi) is 4.71. The van der Waals surface area contributed by atoms with Gasteiger partial charge in [0.15, 0.2) is 0 Å². The number of carbonyl (C=O) groups excluding carboxylic acids is 1. The van der Waals surface area contributed by atoms with E-state index < -0.39 is 0 Å². The average Bonchev–Trinajstić information content (AvgIpc) is 3.16. The van der Waals surface area contributed by atoms with E-state index in [1.54, 1.807) is 11.3 Å². The first kappa shape index (κ1) is 15.7. The number of nitrogens with zero attached hydrogens (tertiary/aromatic N) is 3. The molecule has 2 aromatic heterocycles. The third kappa shape index (κ3) is 3.59. The van der Waals surface area contributed by atoms with Crippen LogP contribution in [-0.4, -0.2) is 20.7 Å². The molecule has 0 bridgehead atoms. The minimum atomic E-state index is 0.0676. The van der Waals surface area contributed by atoms with E-state index in [-0.39, 0.29) is 5.91 Å². The number of aromatic nitrogens is 3. The van der Waals surface area contributed by atoms with Gasteiger partial charge in [-0.15, -0.1) is 11.3 Å². The van der Waals surface area contributed by atoms with Gasteiger partial charge in [0.2, 0.25) is 5.91 Å². The molecule has 0 aliphatic carbocycles. The number of aryl methyl sites for hydroxylation is 2. The molecular weight excluding hydrogens is 308 g/mol. The van der Waals surface area contributed by atoms with Gasteiger partial charge in [0.05, 0.1) is 21.9 Å². The smallest absolute Gasteiger partial charge is 0.220 e. The van der Waals surface area contributed by atoms with Crippen molar-refractivity contribution >= 4 is 27.5 Å². The Labute approximate surface area is 139 Å². The zero-order valence-electron chi connectivity index (χ0n) is 13.4. The van der Waals surface area contributed by atoms with E-state index in [9.17, 15) is 4.79 Å². The maximum absolute atomic E-state index is 12.0. The standard InChI is InChI=1S/C17H20N4OS/c1-3-21-12(2)14(10-20-21)9-18-17(22)7-5-13-4-6-15-16(8-13)23-11-19-15/h4,6,8,10-11H,3,5,7,9H2,1-2H3,(H,18,22). The van der Waals surface area contributed by atoms with Gasteiger partial charge in [-0.1, -0.05) is 6.07 Å². The van der Waals surface area contributed by atoms with Gasteiger partial charge in [-0.25, -0.2) is 4.98 Å². The number of amides is 1. The number of hydrogen-bond donors (Lipinski definition) is 1. The molecule has 0 fully saturated rings. The normalized spacial score (nSPS) is 11.0. The summed E-state index contributed by atoms with van der Waals surface area (Å²) in [4.78, 5) is 16.3. The average molecular weight is 328 g/mol. The Morgan fingerprint density at radius 3 is 3.04 bits per heavy atom. The minimum absolute atomic E-state index is 0.0676. The fraction of sp³-hybridized carbons (Fsp3) is 0.353. The van der Waals surface area contributed by atoms with Crippen molar-refractivity contribution in [1.82, 2.24) is 20.1 Å². The van der Waals surface area contributed by atoms with Gasteiger partial charge in [0.1, 0.15) is 0 Å². The largest absolute Gasteiger partial charge is 0.352 e. The van der Waals surface area contributed by atoms with Crippen LogP contribution in [-0.2, 0) is 24.3 Å². The molecule has 3 aromatic rings. The van der Waals surface area contributed by atoms with Crippen molar-refractivity contribution in [3.05, 3.63) is 46.7 Å². The van der Waals surface area contributed by atoms with Crippen LogP contribution in [0.2, 0.25) is 0 Å². The Hall–Kier alpha value is -2.21. The zero-order chi connectivity index (χ0) is 16.2. The van der Waals surface area contributed by atoms with E-state index in [2.05, 4.69) is 28.4 Å². The van der Waals surface area contributed by atoms with Crippen LogP contribution in [0.15, 0.2) is 29.9 Å². The lowest BCUT2D eigenvalue weighted by molar-refractivity contribution is -0.121. The van der Waals surface area contributed by atoms with Crippen LogP contribution in [0.1, 0.15) is 30.2 Å². The SMILES string of the molecule is CCn1ncc(CNC(=O)CCc2ccc3ncsc3c2)c1C. The fourth-order valence-corrected chi connectivity index (χ4v) is 3.31. The summed E-state index contributed by atoms with van der Waals surface area (Å²) in [5, 5.41) is 7.27. The first-order valence-corrected chi connectivity index (χ1v) is 8.65. The molecule has 1 amide bonds. The molecule has 120 valence electrons. The van der Waals surface area contributed by atoms with Crippen molar-refractivity contribution in [1.29, 1.82) is 0 Å². The van der Waals surface area contributed by atoms with Crippen LogP contribution in [0.25, 0.3) is 10.2 Å². The van der Waals surface area contributed by atoms with E-state index in [4.69, 9.17) is 0 Å². The molecular formula is C17H20N4OS. The number of nitrogens with one attached hydrogen (secondary N) is 1. The second-order valence-corrected chi connectivity index (χ2v) is 6.39. The molecule has 0 radical (unpaired) electrons. The highest BCUT2D eigenvalue weighted by atomic mass is 32.1. The number of fused-ring (bicyclic) bond motifs is 1. The second kappa shape index (κ2) is 6.91. The Balaban J connectivity index is 1.51. The van der Waals surface area contributed by atoms with E-state index in [1.165, 1.54) is 10.3 Å². The van der Waals surface area contributed by atoms with Gasteiger partial charge in [-0.05, 0) is 38.0 Å². The van der Waals surface area contributed by atoms with E-state index in [0.717, 1.165) is 29.7 Å². The molecule has 0 unspecified atom stereocenters. The predicted octanol–water partition coefficient (Wildman–Crippen LogP) is 3.07. The highest BCUT2D eigenvalue weighted by Gasteiger charge is 2.08. The van der Waals surface area contributed by atoms with Crippen LogP contribution in [0.5, 0.6) is 0 Å². The lowest BCUT2D eigenvalue weighted by Crippen LogP contribution is -2.23. The van der Waals surface area contributed by atoms with Crippen molar-refractivity contribution in [2.24, 2.45) is 0 Å². The number of rotatable bonds is 6. The molecule has 1 aromatic carbocycles. The van der Waals surface area contributed by atoms with Crippen molar-refractivity contribution in [2.75, 3.05) is 0 Å². The van der Waals surface area contributed by atoms with Crippen LogP contribution in [0.4, 0.5) is 0 Å². The quantitative estimate of drug-likeness (QED) is 0.756. The third-order valence-corrected chi connectivity index (χ3v) is 4.81. The van der Waals surface area contributed by atoms with E-state index in [0.29, 0.717) is 13.0 Å². The second-order valence-electron chi connectivity index (χ2n) is 5.50. The summed E-state index contributed by atoms with van der Waals surface area (Å²) in [6.45, 7) is 5.48. The van der Waals surface area contributed by atoms with Crippen molar-refractivity contribution in [3.63, 3.8) is 0 Å². The summed E-state index contributed by atoms with van der Waals surface area (Å²) in [7, 11) is 0. The highest BCUT2D eigenvalue weighted by Crippen LogP contribution is 2.19. The molecule has 0 aliphatic heterocycles. The molecule has 0 aliphatic rings. The van der Waals surface area contributed by atoms with Crippen LogP contribution in [0.3, 0.4) is 0 Å². The molecule has 5 nitrogen and oxygen atoms in total. The van der Waals surface area contributed by atoms with Gasteiger partial charge in [-0.3, -0.25) is 9.48 Å². The van der Waals surface area contributed by atoms with Crippen LogP contribution in [0, 0.1) is 6.92 Å². The maximum Gasteiger partial charge on any atom is 0.220 e. The summed E-state index contributed by atoms with van der Waals surface area (Å²) in [5.74, 6) is 0.0676. The Morgan fingerprint density at radius 1 is 1.39 bits per heavy atom. The summed E-state index contributed by atoms with van der Waals surface area (Å²) in [5.41, 5.74) is 6.23. The minimum Gasteiger partial charge on any atom is -0.352 e. The summed E-state index contributed by atoms with van der Waals surface area (Å²) < 4.78 is 3.11. The zero-order valence-corrected chi connectivity index (χ0v) is 14.2. The van der Waals surface area contributed by atoms with Crippen molar-refractivity contribution in [3.8, 4) is 0 Å². The van der Waals surface area contributed by atoms with E-state index in [1.807, 2.05) is 35.4 Å². The summed E-state index contributed by atoms with van der Waals surface area (Å²) >= 11 is 1.63. The molecule has 0 spiro atoms. The summed E-state index contributed by atoms with van der Waals surface area (Å²) in [6.07, 6.45) is 3.06. The lowest BCUT2D eigenvalue weighted by Gasteiger charge is -2.06. The first-order valence-electron chi connectivity index (χ1n) is 7.77. The lowest BCUT2D eigenvalue weighted by atomic mass is 10.1. The first-order chi connectivity index (χ1) is 11.2. The van der Waals surface area contributed by atoms with Gasteiger partial charge < -0.3 is 5.32 Å². The Morgan fingerprint density at radius 2 is 2.26 bits per heavy atom. The van der Waals surface area contributed by atoms with Gasteiger partial charge in [-0.2, -0.15) is 5.10 Å². The van der Waals surface area contributed by atoms with Crippen molar-refractivity contribution < 1.29 is 4.79 Å². The molecule has 1 N–H and O–H groups in total. The monoisotopic (exact) mass is 328 g/mol. The van der Waals surface area contributed by atoms with E-state index >= 15 is 0 Å². The Bertz CT molecular complexity index is 821. The molecule has 2 heterocycles. The number of carbonyl (C=O) groups is 1. The predicted molar refractivity (Wildman–Crippen MR) is 92.4 cm³/mol. The number of thiazole rings is 1. The highest BCUT2D eigenvalue weighted by molar-refractivity contribution is 7.16. The number of hydrogen-bond acceptors (Lipinski definition) is 4. The molecule has 23 heavy (non-hydrogen) atoms. The molecule has 0 saturated heterocycles. The molecule has 6 heteroatoms.